The molecule has 1 atom stereocenters. The van der Waals surface area contributed by atoms with Crippen molar-refractivity contribution in [3.05, 3.63) is 88.9 Å². The van der Waals surface area contributed by atoms with Crippen LogP contribution in [0.5, 0.6) is 5.75 Å². The third-order valence-corrected chi connectivity index (χ3v) is 8.44. The van der Waals surface area contributed by atoms with E-state index in [1.54, 1.807) is 25.1 Å². The molecule has 214 valence electrons. The molecular formula is C30H36ClN3O5S. The van der Waals surface area contributed by atoms with Crippen LogP contribution in [0.3, 0.4) is 0 Å². The number of nitrogens with zero attached hydrogens (tertiary/aromatic N) is 2. The minimum Gasteiger partial charge on any atom is -0.495 e. The van der Waals surface area contributed by atoms with Gasteiger partial charge in [0.25, 0.3) is 10.0 Å². The Morgan fingerprint density at radius 3 is 2.20 bits per heavy atom. The summed E-state index contributed by atoms with van der Waals surface area (Å²) in [5, 5.41) is 3.07. The predicted molar refractivity (Wildman–Crippen MR) is 158 cm³/mol. The maximum absolute atomic E-state index is 13.9. The lowest BCUT2D eigenvalue weighted by Gasteiger charge is -2.32. The highest BCUT2D eigenvalue weighted by Crippen LogP contribution is 2.32. The molecule has 3 aromatic rings. The SMILES string of the molecule is COc1ccc(N(CC(=O)N(Cc2ccccc2)[C@H](C)C(=O)NCC(C)C)S(=O)(=O)c2ccc(C)cc2)cc1Cl. The molecule has 0 aliphatic heterocycles. The van der Waals surface area contributed by atoms with E-state index in [1.807, 2.05) is 51.1 Å². The van der Waals surface area contributed by atoms with E-state index in [4.69, 9.17) is 16.3 Å². The Hall–Kier alpha value is -3.56. The molecule has 0 aliphatic rings. The molecule has 0 spiro atoms. The summed E-state index contributed by atoms with van der Waals surface area (Å²) in [7, 11) is -2.73. The van der Waals surface area contributed by atoms with Gasteiger partial charge in [0.2, 0.25) is 11.8 Å². The Bertz CT molecular complexity index is 1410. The minimum atomic E-state index is -4.19. The second-order valence-corrected chi connectivity index (χ2v) is 12.2. The zero-order valence-electron chi connectivity index (χ0n) is 23.4. The van der Waals surface area contributed by atoms with E-state index in [0.29, 0.717) is 12.3 Å². The quantitative estimate of drug-likeness (QED) is 0.321. The normalized spacial score (nSPS) is 12.1. The highest BCUT2D eigenvalue weighted by molar-refractivity contribution is 7.92. The molecule has 3 aromatic carbocycles. The topological polar surface area (TPSA) is 96.0 Å². The van der Waals surface area contributed by atoms with E-state index in [2.05, 4.69) is 5.32 Å². The number of sulfonamides is 1. The summed E-state index contributed by atoms with van der Waals surface area (Å²) in [5.41, 5.74) is 1.89. The number of methoxy groups -OCH3 is 1. The third-order valence-electron chi connectivity index (χ3n) is 6.36. The molecule has 1 N–H and O–H groups in total. The number of ether oxygens (including phenoxy) is 1. The number of carbonyl (C=O) groups is 2. The Morgan fingerprint density at radius 2 is 1.62 bits per heavy atom. The maximum atomic E-state index is 13.9. The summed E-state index contributed by atoms with van der Waals surface area (Å²) >= 11 is 6.35. The number of amides is 2. The zero-order valence-corrected chi connectivity index (χ0v) is 25.0. The van der Waals surface area contributed by atoms with Crippen molar-refractivity contribution in [1.82, 2.24) is 10.2 Å². The van der Waals surface area contributed by atoms with E-state index in [0.717, 1.165) is 15.4 Å². The molecule has 0 saturated carbocycles. The van der Waals surface area contributed by atoms with Gasteiger partial charge < -0.3 is 15.0 Å². The predicted octanol–water partition coefficient (Wildman–Crippen LogP) is 5.04. The summed E-state index contributed by atoms with van der Waals surface area (Å²) in [5.74, 6) is -0.271. The van der Waals surface area contributed by atoms with Gasteiger partial charge in [0, 0.05) is 13.1 Å². The van der Waals surface area contributed by atoms with E-state index < -0.39 is 28.5 Å². The van der Waals surface area contributed by atoms with E-state index >= 15 is 0 Å². The summed E-state index contributed by atoms with van der Waals surface area (Å²) in [6, 6.07) is 19.3. The molecular weight excluding hydrogens is 550 g/mol. The van der Waals surface area contributed by atoms with Crippen molar-refractivity contribution in [2.45, 2.75) is 45.2 Å². The highest BCUT2D eigenvalue weighted by Gasteiger charge is 2.32. The number of rotatable bonds is 12. The number of nitrogens with one attached hydrogen (secondary N) is 1. The first-order valence-electron chi connectivity index (χ1n) is 13.0. The number of hydrogen-bond donors (Lipinski definition) is 1. The molecule has 0 saturated heterocycles. The molecule has 0 radical (unpaired) electrons. The first-order chi connectivity index (χ1) is 18.9. The number of carbonyl (C=O) groups excluding carboxylic acids is 2. The van der Waals surface area contributed by atoms with Crippen LogP contribution < -0.4 is 14.4 Å². The van der Waals surface area contributed by atoms with Gasteiger partial charge in [0.05, 0.1) is 22.7 Å². The van der Waals surface area contributed by atoms with Crippen LogP contribution in [0.25, 0.3) is 0 Å². The summed E-state index contributed by atoms with van der Waals surface area (Å²) in [4.78, 5) is 28.4. The van der Waals surface area contributed by atoms with E-state index in [1.165, 1.54) is 36.3 Å². The van der Waals surface area contributed by atoms with Gasteiger partial charge in [-0.05, 0) is 55.7 Å². The third kappa shape index (κ3) is 7.76. The summed E-state index contributed by atoms with van der Waals surface area (Å²) in [6.07, 6.45) is 0. The number of anilines is 1. The molecule has 0 bridgehead atoms. The van der Waals surface area contributed by atoms with Crippen molar-refractivity contribution in [1.29, 1.82) is 0 Å². The van der Waals surface area contributed by atoms with Crippen LogP contribution in [-0.4, -0.2) is 51.4 Å². The minimum absolute atomic E-state index is 0.0233. The maximum Gasteiger partial charge on any atom is 0.264 e. The molecule has 40 heavy (non-hydrogen) atoms. The molecule has 10 heteroatoms. The standard InChI is InChI=1S/C30H36ClN3O5S/c1-21(2)18-32-30(36)23(4)33(19-24-9-7-6-8-10-24)29(35)20-34(25-13-16-28(39-5)27(31)17-25)40(37,38)26-14-11-22(3)12-15-26/h6-17,21,23H,18-20H2,1-5H3,(H,32,36)/t23-/m1/s1. The van der Waals surface area contributed by atoms with Gasteiger partial charge >= 0.3 is 0 Å². The molecule has 0 unspecified atom stereocenters. The number of hydrogen-bond acceptors (Lipinski definition) is 5. The van der Waals surface area contributed by atoms with E-state index in [9.17, 15) is 18.0 Å². The van der Waals surface area contributed by atoms with Gasteiger partial charge in [-0.2, -0.15) is 0 Å². The fourth-order valence-corrected chi connectivity index (χ4v) is 5.65. The lowest BCUT2D eigenvalue weighted by molar-refractivity contribution is -0.139. The monoisotopic (exact) mass is 585 g/mol. The van der Waals surface area contributed by atoms with Crippen molar-refractivity contribution in [3.63, 3.8) is 0 Å². The van der Waals surface area contributed by atoms with Crippen LogP contribution >= 0.6 is 11.6 Å². The van der Waals surface area contributed by atoms with Crippen LogP contribution in [0.4, 0.5) is 5.69 Å². The Balaban J connectivity index is 2.03. The van der Waals surface area contributed by atoms with Crippen LogP contribution in [-0.2, 0) is 26.2 Å². The van der Waals surface area contributed by atoms with Crippen LogP contribution in [0.15, 0.2) is 77.7 Å². The Morgan fingerprint density at radius 1 is 0.975 bits per heavy atom. The number of aryl methyl sites for hydroxylation is 1. The van der Waals surface area contributed by atoms with Crippen LogP contribution in [0, 0.1) is 12.8 Å². The van der Waals surface area contributed by atoms with Gasteiger partial charge in [-0.3, -0.25) is 13.9 Å². The fraction of sp³-hybridized carbons (Fsp3) is 0.333. The summed E-state index contributed by atoms with van der Waals surface area (Å²) < 4.78 is 34.1. The van der Waals surface area contributed by atoms with Crippen LogP contribution in [0.1, 0.15) is 31.9 Å². The largest absolute Gasteiger partial charge is 0.495 e. The van der Waals surface area contributed by atoms with E-state index in [-0.39, 0.29) is 34.0 Å². The van der Waals surface area contributed by atoms with Gasteiger partial charge in [0.1, 0.15) is 18.3 Å². The number of benzene rings is 3. The smallest absolute Gasteiger partial charge is 0.264 e. The molecule has 2 amide bonds. The number of halogens is 1. The van der Waals surface area contributed by atoms with Crippen molar-refractivity contribution in [2.24, 2.45) is 5.92 Å². The van der Waals surface area contributed by atoms with Gasteiger partial charge in [0.15, 0.2) is 0 Å². The van der Waals surface area contributed by atoms with Gasteiger partial charge in [-0.15, -0.1) is 0 Å². The lowest BCUT2D eigenvalue weighted by atomic mass is 10.1. The second-order valence-electron chi connectivity index (χ2n) is 9.97. The molecule has 3 rings (SSSR count). The van der Waals surface area contributed by atoms with Crippen molar-refractivity contribution in [3.8, 4) is 5.75 Å². The lowest BCUT2D eigenvalue weighted by Crippen LogP contribution is -2.51. The molecule has 0 aliphatic carbocycles. The molecule has 8 nitrogen and oxygen atoms in total. The highest BCUT2D eigenvalue weighted by atomic mass is 35.5. The average molecular weight is 586 g/mol. The summed E-state index contributed by atoms with van der Waals surface area (Å²) in [6.45, 7) is 7.48. The second kappa shape index (κ2) is 13.7. The average Bonchev–Trinajstić information content (AvgIpc) is 2.93. The van der Waals surface area contributed by atoms with Crippen molar-refractivity contribution in [2.75, 3.05) is 24.5 Å². The first kappa shape index (κ1) is 31.0. The fourth-order valence-electron chi connectivity index (χ4n) is 3.99. The first-order valence-corrected chi connectivity index (χ1v) is 14.8. The molecule has 0 aromatic heterocycles. The van der Waals surface area contributed by atoms with Gasteiger partial charge in [-0.25, -0.2) is 8.42 Å². The molecule has 0 fully saturated rings. The van der Waals surface area contributed by atoms with Crippen LogP contribution in [0.2, 0.25) is 5.02 Å². The van der Waals surface area contributed by atoms with Gasteiger partial charge in [-0.1, -0.05) is 73.5 Å². The zero-order chi connectivity index (χ0) is 29.4. The van der Waals surface area contributed by atoms with Crippen molar-refractivity contribution < 1.29 is 22.7 Å². The van der Waals surface area contributed by atoms with Crippen molar-refractivity contribution >= 4 is 39.1 Å². The Kier molecular flexibility index (Phi) is 10.6. The molecule has 0 heterocycles. The Labute approximate surface area is 241 Å².